The highest BCUT2D eigenvalue weighted by Crippen LogP contribution is 2.19. The van der Waals surface area contributed by atoms with Gasteiger partial charge in [-0.2, -0.15) is 0 Å². The fraction of sp³-hybridized carbons (Fsp3) is 0.625. The lowest BCUT2D eigenvalue weighted by molar-refractivity contribution is 0.0806. The van der Waals surface area contributed by atoms with Gasteiger partial charge in [-0.15, -0.1) is 0 Å². The molecule has 1 aromatic rings. The number of hydrogen-bond donors (Lipinski definition) is 1. The molecule has 0 aromatic heterocycles. The first-order valence-electron chi connectivity index (χ1n) is 7.28. The predicted octanol–water partition coefficient (Wildman–Crippen LogP) is 2.79. The van der Waals surface area contributed by atoms with Crippen LogP contribution < -0.4 is 10.1 Å². The first-order chi connectivity index (χ1) is 9.81. The minimum Gasteiger partial charge on any atom is -0.491 e. The zero-order chi connectivity index (χ0) is 14.6. The monoisotopic (exact) mass is 281 g/mol. The summed E-state index contributed by atoms with van der Waals surface area (Å²) in [6.45, 7) is 4.82. The van der Waals surface area contributed by atoms with Crippen molar-refractivity contribution in [3.8, 4) is 5.75 Å². The Balaban J connectivity index is 2.21. The van der Waals surface area contributed by atoms with Crippen LogP contribution in [-0.4, -0.2) is 40.6 Å². The summed E-state index contributed by atoms with van der Waals surface area (Å²) in [4.78, 5) is 0. The topological polar surface area (TPSA) is 39.7 Å². The molecule has 4 heteroatoms. The fourth-order valence-electron chi connectivity index (χ4n) is 2.03. The van der Waals surface area contributed by atoms with Gasteiger partial charge in [-0.1, -0.05) is 19.1 Å². The molecule has 1 rings (SSSR count). The molecule has 0 bridgehead atoms. The Hall–Kier alpha value is -1.10. The molecule has 20 heavy (non-hydrogen) atoms. The van der Waals surface area contributed by atoms with Crippen LogP contribution in [0.5, 0.6) is 5.75 Å². The molecule has 0 saturated heterocycles. The first kappa shape index (κ1) is 17.0. The number of nitrogens with one attached hydrogen (secondary N) is 1. The molecule has 0 aliphatic carbocycles. The average molecular weight is 281 g/mol. The molecule has 1 unspecified atom stereocenters. The molecule has 0 heterocycles. The fourth-order valence-corrected chi connectivity index (χ4v) is 2.03. The van der Waals surface area contributed by atoms with Gasteiger partial charge in [-0.3, -0.25) is 0 Å². The molecule has 4 nitrogen and oxygen atoms in total. The van der Waals surface area contributed by atoms with E-state index >= 15 is 0 Å². The molecule has 1 aromatic carbocycles. The maximum Gasteiger partial charge on any atom is 0.119 e. The second-order valence-corrected chi connectivity index (χ2v) is 4.63. The van der Waals surface area contributed by atoms with Gasteiger partial charge in [0.25, 0.3) is 0 Å². The van der Waals surface area contributed by atoms with E-state index < -0.39 is 0 Å². The quantitative estimate of drug-likeness (QED) is 0.633. The Kier molecular flexibility index (Phi) is 9.04. The Morgan fingerprint density at radius 3 is 2.40 bits per heavy atom. The van der Waals surface area contributed by atoms with Gasteiger partial charge in [0, 0.05) is 26.4 Å². The van der Waals surface area contributed by atoms with Gasteiger partial charge in [-0.25, -0.2) is 0 Å². The maximum absolute atomic E-state index is 5.64. The molecule has 114 valence electrons. The van der Waals surface area contributed by atoms with Crippen molar-refractivity contribution in [3.05, 3.63) is 29.8 Å². The highest BCUT2D eigenvalue weighted by molar-refractivity contribution is 5.29. The van der Waals surface area contributed by atoms with Gasteiger partial charge in [0.2, 0.25) is 0 Å². The van der Waals surface area contributed by atoms with Gasteiger partial charge in [0.05, 0.1) is 6.61 Å². The van der Waals surface area contributed by atoms with Crippen molar-refractivity contribution in [1.82, 2.24) is 5.32 Å². The van der Waals surface area contributed by atoms with Crippen LogP contribution in [0.15, 0.2) is 24.3 Å². The molecular formula is C16H27NO3. The van der Waals surface area contributed by atoms with E-state index in [1.54, 1.807) is 7.11 Å². The van der Waals surface area contributed by atoms with E-state index in [9.17, 15) is 0 Å². The van der Waals surface area contributed by atoms with Crippen molar-refractivity contribution < 1.29 is 14.2 Å². The third kappa shape index (κ3) is 6.37. The van der Waals surface area contributed by atoms with E-state index in [4.69, 9.17) is 14.2 Å². The van der Waals surface area contributed by atoms with Crippen LogP contribution in [0.25, 0.3) is 0 Å². The Morgan fingerprint density at radius 1 is 1.05 bits per heavy atom. The molecule has 0 radical (unpaired) electrons. The average Bonchev–Trinajstić information content (AvgIpc) is 2.49. The predicted molar refractivity (Wildman–Crippen MR) is 81.3 cm³/mol. The first-order valence-corrected chi connectivity index (χ1v) is 7.28. The standard InChI is InChI=1S/C16H27NO3/c1-4-16(17-2)14-6-8-15(9-7-14)20-13-12-19-11-5-10-18-3/h6-9,16-17H,4-5,10-13H2,1-3H3. The van der Waals surface area contributed by atoms with Crippen LogP contribution in [0.4, 0.5) is 0 Å². The second kappa shape index (κ2) is 10.7. The maximum atomic E-state index is 5.64. The van der Waals surface area contributed by atoms with Crippen molar-refractivity contribution in [3.63, 3.8) is 0 Å². The molecule has 0 aliphatic rings. The summed E-state index contributed by atoms with van der Waals surface area (Å²) in [5.74, 6) is 0.889. The third-order valence-corrected chi connectivity index (χ3v) is 3.17. The Bertz CT molecular complexity index is 336. The number of hydrogen-bond acceptors (Lipinski definition) is 4. The van der Waals surface area contributed by atoms with Gasteiger partial charge >= 0.3 is 0 Å². The number of ether oxygens (including phenoxy) is 3. The Morgan fingerprint density at radius 2 is 1.80 bits per heavy atom. The molecular weight excluding hydrogens is 254 g/mol. The van der Waals surface area contributed by atoms with Gasteiger partial charge < -0.3 is 19.5 Å². The minimum atomic E-state index is 0.410. The van der Waals surface area contributed by atoms with Crippen molar-refractivity contribution in [2.45, 2.75) is 25.8 Å². The SMILES string of the molecule is CCC(NC)c1ccc(OCCOCCCOC)cc1. The van der Waals surface area contributed by atoms with E-state index in [1.807, 2.05) is 19.2 Å². The summed E-state index contributed by atoms with van der Waals surface area (Å²) in [5, 5.41) is 3.29. The van der Waals surface area contributed by atoms with Gasteiger partial charge in [-0.05, 0) is 37.6 Å². The van der Waals surface area contributed by atoms with Gasteiger partial charge in [0.1, 0.15) is 12.4 Å². The summed E-state index contributed by atoms with van der Waals surface area (Å²) in [7, 11) is 3.68. The van der Waals surface area contributed by atoms with Crippen molar-refractivity contribution >= 4 is 0 Å². The zero-order valence-corrected chi connectivity index (χ0v) is 12.9. The van der Waals surface area contributed by atoms with Crippen molar-refractivity contribution in [1.29, 1.82) is 0 Å². The van der Waals surface area contributed by atoms with E-state index in [0.29, 0.717) is 19.3 Å². The molecule has 0 saturated carbocycles. The van der Waals surface area contributed by atoms with E-state index in [2.05, 4.69) is 24.4 Å². The summed E-state index contributed by atoms with van der Waals surface area (Å²) >= 11 is 0. The molecule has 0 aliphatic heterocycles. The van der Waals surface area contributed by atoms with E-state index in [1.165, 1.54) is 5.56 Å². The van der Waals surface area contributed by atoms with Crippen molar-refractivity contribution in [2.75, 3.05) is 40.6 Å². The minimum absolute atomic E-state index is 0.410. The van der Waals surface area contributed by atoms with Crippen LogP contribution in [0.3, 0.4) is 0 Å². The van der Waals surface area contributed by atoms with E-state index in [-0.39, 0.29) is 0 Å². The lowest BCUT2D eigenvalue weighted by atomic mass is 10.1. The van der Waals surface area contributed by atoms with Gasteiger partial charge in [0.15, 0.2) is 0 Å². The summed E-state index contributed by atoms with van der Waals surface area (Å²) in [6.07, 6.45) is 2.00. The third-order valence-electron chi connectivity index (χ3n) is 3.17. The largest absolute Gasteiger partial charge is 0.491 e. The smallest absolute Gasteiger partial charge is 0.119 e. The molecule has 1 N–H and O–H groups in total. The lowest BCUT2D eigenvalue weighted by Gasteiger charge is -2.14. The summed E-state index contributed by atoms with van der Waals surface area (Å²) in [5.41, 5.74) is 1.29. The highest BCUT2D eigenvalue weighted by atomic mass is 16.5. The van der Waals surface area contributed by atoms with Crippen molar-refractivity contribution in [2.24, 2.45) is 0 Å². The van der Waals surface area contributed by atoms with Crippen LogP contribution in [0.2, 0.25) is 0 Å². The number of rotatable bonds is 11. The summed E-state index contributed by atoms with van der Waals surface area (Å²) in [6, 6.07) is 8.66. The lowest BCUT2D eigenvalue weighted by Crippen LogP contribution is -2.15. The van der Waals surface area contributed by atoms with Crippen LogP contribution >= 0.6 is 0 Å². The van der Waals surface area contributed by atoms with E-state index in [0.717, 1.165) is 31.8 Å². The normalized spacial score (nSPS) is 12.3. The van der Waals surface area contributed by atoms with Crippen LogP contribution in [0.1, 0.15) is 31.4 Å². The number of methoxy groups -OCH3 is 1. The van der Waals surface area contributed by atoms with Crippen LogP contribution in [0, 0.1) is 0 Å². The van der Waals surface area contributed by atoms with Crippen LogP contribution in [-0.2, 0) is 9.47 Å². The highest BCUT2D eigenvalue weighted by Gasteiger charge is 2.05. The number of benzene rings is 1. The Labute approximate surface area is 122 Å². The second-order valence-electron chi connectivity index (χ2n) is 4.63. The molecule has 0 fully saturated rings. The molecule has 0 amide bonds. The molecule has 0 spiro atoms. The zero-order valence-electron chi connectivity index (χ0n) is 12.9. The summed E-state index contributed by atoms with van der Waals surface area (Å²) < 4.78 is 16.0. The molecule has 1 atom stereocenters.